The van der Waals surface area contributed by atoms with Crippen LogP contribution < -0.4 is 4.90 Å². The van der Waals surface area contributed by atoms with E-state index >= 15 is 0 Å². The molecule has 0 atom stereocenters. The molecule has 1 aliphatic heterocycles. The first-order chi connectivity index (χ1) is 13.0. The predicted octanol–water partition coefficient (Wildman–Crippen LogP) is 0.630. The van der Waals surface area contributed by atoms with Crippen LogP contribution in [-0.2, 0) is 14.8 Å². The highest BCUT2D eigenvalue weighted by Gasteiger charge is 2.27. The number of aromatic nitrogens is 5. The van der Waals surface area contributed by atoms with Crippen LogP contribution >= 0.6 is 11.3 Å². The average Bonchev–Trinajstić information content (AvgIpc) is 3.13. The van der Waals surface area contributed by atoms with Crippen molar-refractivity contribution in [2.24, 2.45) is 0 Å². The molecule has 1 aliphatic rings. The number of sulfonamides is 1. The Bertz CT molecular complexity index is 1060. The fraction of sp³-hybridized carbons (Fsp3) is 0.400. The van der Waals surface area contributed by atoms with Crippen LogP contribution in [0.25, 0.3) is 21.7 Å². The number of rotatable bonds is 4. The zero-order valence-electron chi connectivity index (χ0n) is 14.7. The zero-order chi connectivity index (χ0) is 19.0. The Morgan fingerprint density at radius 3 is 2.48 bits per heavy atom. The molecule has 0 aliphatic carbocycles. The van der Waals surface area contributed by atoms with Crippen molar-refractivity contribution in [1.82, 2.24) is 29.2 Å². The van der Waals surface area contributed by atoms with Gasteiger partial charge in [-0.15, -0.1) is 0 Å². The zero-order valence-corrected chi connectivity index (χ0v) is 16.4. The fourth-order valence-electron chi connectivity index (χ4n) is 2.59. The Hall–Kier alpha value is -2.28. The van der Waals surface area contributed by atoms with E-state index in [4.69, 9.17) is 4.74 Å². The normalized spacial score (nSPS) is 15.6. The number of hydrogen-bond acceptors (Lipinski definition) is 10. The van der Waals surface area contributed by atoms with E-state index in [2.05, 4.69) is 29.8 Å². The van der Waals surface area contributed by atoms with Crippen LogP contribution in [0.15, 0.2) is 23.1 Å². The molecule has 12 heteroatoms. The molecule has 0 bridgehead atoms. The first-order valence-corrected chi connectivity index (χ1v) is 10.4. The topological polar surface area (TPSA) is 114 Å². The minimum Gasteiger partial charge on any atom is -0.378 e. The van der Waals surface area contributed by atoms with Gasteiger partial charge >= 0.3 is 0 Å². The van der Waals surface area contributed by atoms with Crippen molar-refractivity contribution in [2.75, 3.05) is 45.3 Å². The van der Waals surface area contributed by atoms with Gasteiger partial charge in [-0.2, -0.15) is 0 Å². The molecule has 0 N–H and O–H groups in total. The Kier molecular flexibility index (Phi) is 4.72. The molecule has 1 saturated heterocycles. The van der Waals surface area contributed by atoms with E-state index in [-0.39, 0.29) is 4.34 Å². The largest absolute Gasteiger partial charge is 0.378 e. The molecule has 0 spiro atoms. The van der Waals surface area contributed by atoms with Gasteiger partial charge in [0, 0.05) is 39.6 Å². The molecular weight excluding hydrogens is 390 g/mol. The van der Waals surface area contributed by atoms with Crippen molar-refractivity contribution in [1.29, 1.82) is 0 Å². The summed E-state index contributed by atoms with van der Waals surface area (Å²) < 4.78 is 32.2. The summed E-state index contributed by atoms with van der Waals surface area (Å²) in [6, 6.07) is 0. The summed E-state index contributed by atoms with van der Waals surface area (Å²) in [5.41, 5.74) is 0.981. The van der Waals surface area contributed by atoms with Gasteiger partial charge in [-0.1, -0.05) is 11.3 Å². The smallest absolute Gasteiger partial charge is 0.269 e. The number of hydrogen-bond donors (Lipinski definition) is 0. The molecule has 1 fully saturated rings. The molecule has 0 radical (unpaired) electrons. The van der Waals surface area contributed by atoms with Crippen molar-refractivity contribution >= 4 is 37.5 Å². The molecule has 0 unspecified atom stereocenters. The predicted molar refractivity (Wildman–Crippen MR) is 100 cm³/mol. The highest BCUT2D eigenvalue weighted by molar-refractivity contribution is 7.91. The third-order valence-electron chi connectivity index (χ3n) is 4.05. The van der Waals surface area contributed by atoms with Crippen LogP contribution in [0.5, 0.6) is 0 Å². The molecule has 4 heterocycles. The number of fused-ring (bicyclic) bond motifs is 1. The summed E-state index contributed by atoms with van der Waals surface area (Å²) in [5.74, 6) is 1.06. The standard InChI is InChI=1S/C15H17N7O3S2/c1-21(2)27(23,24)15-20-13-11(26-15)14(22-3-5-25-6-4-22)19-12(18-13)10-7-16-9-17-8-10/h7-9H,3-6H2,1-2H3. The summed E-state index contributed by atoms with van der Waals surface area (Å²) in [7, 11) is -0.709. The second-order valence-electron chi connectivity index (χ2n) is 6.02. The molecule has 0 aromatic carbocycles. The number of nitrogens with zero attached hydrogens (tertiary/aromatic N) is 7. The van der Waals surface area contributed by atoms with Crippen LogP contribution in [0.1, 0.15) is 0 Å². The molecule has 10 nitrogen and oxygen atoms in total. The van der Waals surface area contributed by atoms with Gasteiger partial charge in [-0.25, -0.2) is 37.6 Å². The van der Waals surface area contributed by atoms with Gasteiger partial charge in [0.25, 0.3) is 10.0 Å². The number of ether oxygens (including phenoxy) is 1. The van der Waals surface area contributed by atoms with E-state index in [1.54, 1.807) is 12.4 Å². The highest BCUT2D eigenvalue weighted by Crippen LogP contribution is 2.34. The quantitative estimate of drug-likeness (QED) is 0.614. The Morgan fingerprint density at radius 2 is 1.81 bits per heavy atom. The van der Waals surface area contributed by atoms with E-state index in [1.807, 2.05) is 0 Å². The van der Waals surface area contributed by atoms with Gasteiger partial charge in [0.05, 0.1) is 18.8 Å². The van der Waals surface area contributed by atoms with Gasteiger partial charge in [0.15, 0.2) is 17.3 Å². The molecule has 27 heavy (non-hydrogen) atoms. The van der Waals surface area contributed by atoms with E-state index in [0.29, 0.717) is 53.9 Å². The maximum atomic E-state index is 12.5. The molecule has 0 saturated carbocycles. The summed E-state index contributed by atoms with van der Waals surface area (Å²) >= 11 is 1.08. The maximum absolute atomic E-state index is 12.5. The van der Waals surface area contributed by atoms with E-state index in [1.165, 1.54) is 20.4 Å². The molecule has 3 aromatic heterocycles. The van der Waals surface area contributed by atoms with Crippen molar-refractivity contribution in [3.63, 3.8) is 0 Å². The lowest BCUT2D eigenvalue weighted by atomic mass is 10.3. The monoisotopic (exact) mass is 407 g/mol. The Balaban J connectivity index is 1.92. The minimum atomic E-state index is -3.66. The Labute approximate surface area is 159 Å². The average molecular weight is 407 g/mol. The first kappa shape index (κ1) is 18.1. The molecule has 0 amide bonds. The highest BCUT2D eigenvalue weighted by atomic mass is 32.2. The maximum Gasteiger partial charge on any atom is 0.269 e. The molecule has 142 valence electrons. The molecule has 4 rings (SSSR count). The SMILES string of the molecule is CN(C)S(=O)(=O)c1nc2nc(-c3cncnc3)nc(N3CCOCC3)c2s1. The van der Waals surface area contributed by atoms with Gasteiger partial charge < -0.3 is 9.64 Å². The van der Waals surface area contributed by atoms with Crippen molar-refractivity contribution in [3.05, 3.63) is 18.7 Å². The fourth-order valence-corrected chi connectivity index (χ4v) is 4.98. The number of morpholine rings is 1. The van der Waals surface area contributed by atoms with Gasteiger partial charge in [-0.05, 0) is 0 Å². The Morgan fingerprint density at radius 1 is 1.11 bits per heavy atom. The van der Waals surface area contributed by atoms with E-state index in [9.17, 15) is 8.42 Å². The second kappa shape index (κ2) is 7.03. The van der Waals surface area contributed by atoms with E-state index < -0.39 is 10.0 Å². The lowest BCUT2D eigenvalue weighted by molar-refractivity contribution is 0.122. The van der Waals surface area contributed by atoms with E-state index in [0.717, 1.165) is 15.6 Å². The summed E-state index contributed by atoms with van der Waals surface area (Å²) in [4.78, 5) is 23.5. The lowest BCUT2D eigenvalue weighted by Crippen LogP contribution is -2.36. The molecular formula is C15H17N7O3S2. The number of anilines is 1. The summed E-state index contributed by atoms with van der Waals surface area (Å²) in [6.45, 7) is 2.48. The van der Waals surface area contributed by atoms with Crippen LogP contribution in [-0.4, -0.2) is 78.0 Å². The minimum absolute atomic E-state index is 0.00669. The van der Waals surface area contributed by atoms with Crippen LogP contribution in [0.2, 0.25) is 0 Å². The first-order valence-electron chi connectivity index (χ1n) is 8.16. The number of thiazole rings is 1. The van der Waals surface area contributed by atoms with Gasteiger partial charge in [0.2, 0.25) is 4.34 Å². The molecule has 3 aromatic rings. The van der Waals surface area contributed by atoms with Gasteiger partial charge in [0.1, 0.15) is 11.0 Å². The van der Waals surface area contributed by atoms with Crippen LogP contribution in [0, 0.1) is 0 Å². The van der Waals surface area contributed by atoms with Crippen LogP contribution in [0.4, 0.5) is 5.82 Å². The van der Waals surface area contributed by atoms with Crippen molar-refractivity contribution in [2.45, 2.75) is 4.34 Å². The third-order valence-corrected chi connectivity index (χ3v) is 7.26. The summed E-state index contributed by atoms with van der Waals surface area (Å²) in [6.07, 6.45) is 4.65. The lowest BCUT2D eigenvalue weighted by Gasteiger charge is -2.28. The van der Waals surface area contributed by atoms with Crippen LogP contribution in [0.3, 0.4) is 0 Å². The third kappa shape index (κ3) is 3.36. The second-order valence-corrected chi connectivity index (χ2v) is 9.34. The van der Waals surface area contributed by atoms with Gasteiger partial charge in [-0.3, -0.25) is 0 Å². The van der Waals surface area contributed by atoms with Crippen molar-refractivity contribution < 1.29 is 13.2 Å². The summed E-state index contributed by atoms with van der Waals surface area (Å²) in [5, 5.41) is 0. The van der Waals surface area contributed by atoms with Crippen molar-refractivity contribution in [3.8, 4) is 11.4 Å².